The number of ether oxygens (including phenoxy) is 3. The molecule has 8 nitrogen and oxygen atoms in total. The molecule has 1 heterocycles. The van der Waals surface area contributed by atoms with Crippen LogP contribution in [0.3, 0.4) is 0 Å². The molecule has 1 saturated carbocycles. The summed E-state index contributed by atoms with van der Waals surface area (Å²) >= 11 is 0. The van der Waals surface area contributed by atoms with Crippen LogP contribution in [-0.4, -0.2) is 88.1 Å². The molecule has 0 radical (unpaired) electrons. The predicted octanol–water partition coefficient (Wildman–Crippen LogP) is 2.19. The third-order valence-electron chi connectivity index (χ3n) is 5.99. The van der Waals surface area contributed by atoms with E-state index in [1.165, 1.54) is 0 Å². The molecule has 2 fully saturated rings. The van der Waals surface area contributed by atoms with Crippen LogP contribution in [-0.2, 0) is 6.54 Å². The fourth-order valence-corrected chi connectivity index (χ4v) is 3.81. The predicted molar refractivity (Wildman–Crippen MR) is 133 cm³/mol. The summed E-state index contributed by atoms with van der Waals surface area (Å²) in [6, 6.07) is 4.03. The molecule has 1 aliphatic carbocycles. The lowest BCUT2D eigenvalue weighted by Gasteiger charge is -2.36. The average Bonchev–Trinajstić information content (AvgIpc) is 3.57. The fourth-order valence-electron chi connectivity index (χ4n) is 3.81. The minimum Gasteiger partial charge on any atom is -0.493 e. The number of rotatable bonds is 9. The zero-order valence-corrected chi connectivity index (χ0v) is 21.5. The number of guanidine groups is 1. The van der Waals surface area contributed by atoms with Crippen molar-refractivity contribution in [2.24, 2.45) is 10.4 Å². The number of aliphatic hydroxyl groups excluding tert-OH is 1. The Labute approximate surface area is 203 Å². The standard InChI is InChI=1S/C22H36N4O4.HI/c1-5-23-21(24-15-22(16-27)6-7-22)26-10-8-25(9-11-26)14-17-12-18(28-2)20(30-4)19(13-17)29-3;/h12-13,27H,5-11,14-16H2,1-4H3,(H,23,24);1H. The first-order valence-electron chi connectivity index (χ1n) is 10.7. The van der Waals surface area contributed by atoms with Gasteiger partial charge in [0.2, 0.25) is 5.75 Å². The van der Waals surface area contributed by atoms with Crippen LogP contribution in [0, 0.1) is 5.41 Å². The van der Waals surface area contributed by atoms with Crippen molar-refractivity contribution in [3.63, 3.8) is 0 Å². The van der Waals surface area contributed by atoms with Crippen molar-refractivity contribution < 1.29 is 19.3 Å². The minimum absolute atomic E-state index is 0. The van der Waals surface area contributed by atoms with Crippen LogP contribution in [0.25, 0.3) is 0 Å². The molecule has 9 heteroatoms. The van der Waals surface area contributed by atoms with Crippen molar-refractivity contribution in [1.82, 2.24) is 15.1 Å². The van der Waals surface area contributed by atoms with E-state index in [4.69, 9.17) is 19.2 Å². The van der Waals surface area contributed by atoms with Gasteiger partial charge >= 0.3 is 0 Å². The Morgan fingerprint density at radius 3 is 2.13 bits per heavy atom. The molecule has 0 aromatic heterocycles. The number of aliphatic hydroxyl groups is 1. The first-order chi connectivity index (χ1) is 14.6. The monoisotopic (exact) mass is 548 g/mol. The highest BCUT2D eigenvalue weighted by Gasteiger charge is 2.42. The van der Waals surface area contributed by atoms with Crippen molar-refractivity contribution in [1.29, 1.82) is 0 Å². The molecule has 1 aromatic carbocycles. The van der Waals surface area contributed by atoms with Gasteiger partial charge in [-0.05, 0) is 37.5 Å². The van der Waals surface area contributed by atoms with Gasteiger partial charge in [-0.1, -0.05) is 0 Å². The van der Waals surface area contributed by atoms with Gasteiger partial charge in [-0.3, -0.25) is 9.89 Å². The Morgan fingerprint density at radius 2 is 1.68 bits per heavy atom. The van der Waals surface area contributed by atoms with Crippen LogP contribution in [0.4, 0.5) is 0 Å². The highest BCUT2D eigenvalue weighted by molar-refractivity contribution is 14.0. The van der Waals surface area contributed by atoms with Gasteiger partial charge in [0.15, 0.2) is 17.5 Å². The van der Waals surface area contributed by atoms with E-state index in [0.717, 1.165) is 63.6 Å². The summed E-state index contributed by atoms with van der Waals surface area (Å²) in [4.78, 5) is 9.57. The molecule has 31 heavy (non-hydrogen) atoms. The normalized spacial score (nSPS) is 18.2. The average molecular weight is 548 g/mol. The third kappa shape index (κ3) is 6.52. The van der Waals surface area contributed by atoms with Gasteiger partial charge in [0, 0.05) is 44.7 Å². The SMILES string of the molecule is CCNC(=NCC1(CO)CC1)N1CCN(Cc2cc(OC)c(OC)c(OC)c2)CC1.I. The van der Waals surface area contributed by atoms with Crippen molar-refractivity contribution in [2.75, 3.05) is 67.2 Å². The lowest BCUT2D eigenvalue weighted by Crippen LogP contribution is -2.52. The summed E-state index contributed by atoms with van der Waals surface area (Å²) in [7, 11) is 4.91. The van der Waals surface area contributed by atoms with Gasteiger partial charge in [-0.25, -0.2) is 0 Å². The number of methoxy groups -OCH3 is 3. The molecule has 1 saturated heterocycles. The molecule has 2 aliphatic rings. The lowest BCUT2D eigenvalue weighted by molar-refractivity contribution is 0.171. The van der Waals surface area contributed by atoms with Gasteiger partial charge in [0.25, 0.3) is 0 Å². The van der Waals surface area contributed by atoms with Gasteiger partial charge in [-0.2, -0.15) is 0 Å². The van der Waals surface area contributed by atoms with E-state index in [2.05, 4.69) is 22.0 Å². The van der Waals surface area contributed by atoms with Crippen LogP contribution in [0.2, 0.25) is 0 Å². The Hall–Kier alpha value is -1.46. The molecule has 0 bridgehead atoms. The largest absolute Gasteiger partial charge is 0.493 e. The maximum Gasteiger partial charge on any atom is 0.203 e. The molecule has 0 spiro atoms. The summed E-state index contributed by atoms with van der Waals surface area (Å²) in [6.45, 7) is 8.44. The van der Waals surface area contributed by atoms with E-state index in [1.54, 1.807) is 21.3 Å². The van der Waals surface area contributed by atoms with Crippen molar-refractivity contribution >= 4 is 29.9 Å². The van der Waals surface area contributed by atoms with E-state index in [1.807, 2.05) is 12.1 Å². The number of hydrogen-bond acceptors (Lipinski definition) is 6. The number of nitrogens with zero attached hydrogens (tertiary/aromatic N) is 3. The van der Waals surface area contributed by atoms with Gasteiger partial charge in [0.05, 0.1) is 34.5 Å². The van der Waals surface area contributed by atoms with Crippen LogP contribution >= 0.6 is 24.0 Å². The van der Waals surface area contributed by atoms with E-state index in [9.17, 15) is 5.11 Å². The molecule has 1 aromatic rings. The van der Waals surface area contributed by atoms with Crippen LogP contribution < -0.4 is 19.5 Å². The number of piperazine rings is 1. The maximum atomic E-state index is 9.56. The number of aliphatic imine (C=N–C) groups is 1. The third-order valence-corrected chi connectivity index (χ3v) is 5.99. The molecular formula is C22H37IN4O4. The minimum atomic E-state index is 0. The number of hydrogen-bond donors (Lipinski definition) is 2. The Kier molecular flexibility index (Phi) is 9.95. The first kappa shape index (κ1) is 25.8. The Balaban J connectivity index is 0.00000341. The summed E-state index contributed by atoms with van der Waals surface area (Å²) < 4.78 is 16.4. The highest BCUT2D eigenvalue weighted by atomic mass is 127. The maximum absolute atomic E-state index is 9.56. The van der Waals surface area contributed by atoms with Gasteiger partial charge < -0.3 is 29.5 Å². The number of halogens is 1. The highest BCUT2D eigenvalue weighted by Crippen LogP contribution is 2.45. The smallest absolute Gasteiger partial charge is 0.203 e. The summed E-state index contributed by atoms with van der Waals surface area (Å²) in [6.07, 6.45) is 2.16. The molecule has 1 aliphatic heterocycles. The summed E-state index contributed by atoms with van der Waals surface area (Å²) in [5.74, 6) is 2.95. The van der Waals surface area contributed by atoms with Crippen LogP contribution in [0.5, 0.6) is 17.2 Å². The van der Waals surface area contributed by atoms with Gasteiger partial charge in [0.1, 0.15) is 0 Å². The fraction of sp³-hybridized carbons (Fsp3) is 0.682. The second-order valence-electron chi connectivity index (χ2n) is 8.13. The Bertz CT molecular complexity index is 709. The molecule has 176 valence electrons. The van der Waals surface area contributed by atoms with E-state index < -0.39 is 0 Å². The van der Waals surface area contributed by atoms with Crippen LogP contribution in [0.1, 0.15) is 25.3 Å². The van der Waals surface area contributed by atoms with Crippen molar-refractivity contribution in [3.05, 3.63) is 17.7 Å². The van der Waals surface area contributed by atoms with E-state index >= 15 is 0 Å². The molecule has 0 atom stereocenters. The molecule has 0 unspecified atom stereocenters. The van der Waals surface area contributed by atoms with Crippen molar-refractivity contribution in [3.8, 4) is 17.2 Å². The van der Waals surface area contributed by atoms with Crippen LogP contribution in [0.15, 0.2) is 17.1 Å². The molecule has 0 amide bonds. The summed E-state index contributed by atoms with van der Waals surface area (Å²) in [5, 5.41) is 13.0. The number of nitrogens with one attached hydrogen (secondary N) is 1. The topological polar surface area (TPSA) is 78.8 Å². The second kappa shape index (κ2) is 12.0. The van der Waals surface area contributed by atoms with Gasteiger partial charge in [-0.15, -0.1) is 24.0 Å². The van der Waals surface area contributed by atoms with Crippen molar-refractivity contribution in [2.45, 2.75) is 26.3 Å². The summed E-state index contributed by atoms with van der Waals surface area (Å²) in [5.41, 5.74) is 1.17. The zero-order valence-electron chi connectivity index (χ0n) is 19.1. The Morgan fingerprint density at radius 1 is 1.06 bits per heavy atom. The molecule has 3 rings (SSSR count). The van der Waals surface area contributed by atoms with E-state index in [-0.39, 0.29) is 36.0 Å². The van der Waals surface area contributed by atoms with E-state index in [0.29, 0.717) is 23.8 Å². The lowest BCUT2D eigenvalue weighted by atomic mass is 10.1. The zero-order chi connectivity index (χ0) is 21.6. The quantitative estimate of drug-likeness (QED) is 0.278. The number of benzene rings is 1. The molecule has 2 N–H and O–H groups in total. The second-order valence-corrected chi connectivity index (χ2v) is 8.13. The first-order valence-corrected chi connectivity index (χ1v) is 10.7. The molecular weight excluding hydrogens is 511 g/mol.